The highest BCUT2D eigenvalue weighted by atomic mass is 16.5. The summed E-state index contributed by atoms with van der Waals surface area (Å²) in [7, 11) is 0. The van der Waals surface area contributed by atoms with Gasteiger partial charge in [-0.05, 0) is 26.7 Å². The van der Waals surface area contributed by atoms with Crippen LogP contribution in [0.25, 0.3) is 0 Å². The van der Waals surface area contributed by atoms with Crippen LogP contribution in [0, 0.1) is 5.41 Å². The van der Waals surface area contributed by atoms with E-state index in [9.17, 15) is 0 Å². The van der Waals surface area contributed by atoms with Crippen molar-refractivity contribution in [2.75, 3.05) is 26.4 Å². The summed E-state index contributed by atoms with van der Waals surface area (Å²) >= 11 is 0. The van der Waals surface area contributed by atoms with Crippen molar-refractivity contribution in [1.29, 1.82) is 0 Å². The number of unbranched alkanes of at least 4 members (excludes halogenated alkanes) is 4. The molecule has 0 aromatic heterocycles. The summed E-state index contributed by atoms with van der Waals surface area (Å²) in [5.74, 6) is 0. The van der Waals surface area contributed by atoms with Crippen LogP contribution in [0.15, 0.2) is 0 Å². The molecular formula is C17H36O2. The summed E-state index contributed by atoms with van der Waals surface area (Å²) in [6, 6.07) is 0. The van der Waals surface area contributed by atoms with Crippen molar-refractivity contribution in [2.24, 2.45) is 5.41 Å². The van der Waals surface area contributed by atoms with E-state index in [-0.39, 0.29) is 5.41 Å². The fourth-order valence-electron chi connectivity index (χ4n) is 2.57. The van der Waals surface area contributed by atoms with Gasteiger partial charge in [0.1, 0.15) is 0 Å². The Morgan fingerprint density at radius 2 is 1.16 bits per heavy atom. The standard InChI is InChI=1S/C17H36O2/c1-5-9-11-12-14-17(13-10-6-2,15-18-7-3)16-19-8-4/h5-16H2,1-4H3. The van der Waals surface area contributed by atoms with Gasteiger partial charge in [-0.25, -0.2) is 0 Å². The lowest BCUT2D eigenvalue weighted by Crippen LogP contribution is -2.33. The number of hydrogen-bond donors (Lipinski definition) is 0. The molecule has 0 atom stereocenters. The first-order chi connectivity index (χ1) is 9.24. The zero-order valence-corrected chi connectivity index (χ0v) is 13.8. The normalized spacial score (nSPS) is 12.0. The van der Waals surface area contributed by atoms with Gasteiger partial charge in [0.2, 0.25) is 0 Å². The minimum atomic E-state index is 0.260. The minimum Gasteiger partial charge on any atom is -0.381 e. The second-order valence-corrected chi connectivity index (χ2v) is 5.69. The molecule has 0 aromatic carbocycles. The Kier molecular flexibility index (Phi) is 12.9. The molecule has 0 rings (SSSR count). The van der Waals surface area contributed by atoms with Crippen LogP contribution in [-0.2, 0) is 9.47 Å². The Bertz CT molecular complexity index is 158. The molecule has 0 aliphatic rings. The summed E-state index contributed by atoms with van der Waals surface area (Å²) in [4.78, 5) is 0. The van der Waals surface area contributed by atoms with Gasteiger partial charge >= 0.3 is 0 Å². The fourth-order valence-corrected chi connectivity index (χ4v) is 2.57. The molecule has 2 nitrogen and oxygen atoms in total. The van der Waals surface area contributed by atoms with Crippen molar-refractivity contribution < 1.29 is 9.47 Å². The van der Waals surface area contributed by atoms with Gasteiger partial charge in [-0.15, -0.1) is 0 Å². The smallest absolute Gasteiger partial charge is 0.0544 e. The summed E-state index contributed by atoms with van der Waals surface area (Å²) in [6.45, 7) is 12.1. The van der Waals surface area contributed by atoms with Crippen LogP contribution in [0.4, 0.5) is 0 Å². The Labute approximate surface area is 121 Å². The second-order valence-electron chi connectivity index (χ2n) is 5.69. The summed E-state index contributed by atoms with van der Waals surface area (Å²) in [6.07, 6.45) is 10.4. The molecule has 0 amide bonds. The Balaban J connectivity index is 4.38. The van der Waals surface area contributed by atoms with Crippen molar-refractivity contribution in [3.8, 4) is 0 Å². The quantitative estimate of drug-likeness (QED) is 0.404. The molecule has 0 unspecified atom stereocenters. The van der Waals surface area contributed by atoms with Crippen LogP contribution in [0.3, 0.4) is 0 Å². The lowest BCUT2D eigenvalue weighted by Gasteiger charge is -2.33. The van der Waals surface area contributed by atoms with Crippen LogP contribution in [0.1, 0.15) is 79.1 Å². The summed E-state index contributed by atoms with van der Waals surface area (Å²) in [5.41, 5.74) is 0.260. The summed E-state index contributed by atoms with van der Waals surface area (Å²) < 4.78 is 11.5. The highest BCUT2D eigenvalue weighted by Crippen LogP contribution is 2.32. The molecule has 0 spiro atoms. The van der Waals surface area contributed by atoms with E-state index in [1.165, 1.54) is 51.4 Å². The van der Waals surface area contributed by atoms with Gasteiger partial charge in [-0.1, -0.05) is 52.4 Å². The Hall–Kier alpha value is -0.0800. The van der Waals surface area contributed by atoms with Crippen molar-refractivity contribution in [3.63, 3.8) is 0 Å². The van der Waals surface area contributed by atoms with Crippen LogP contribution in [0.5, 0.6) is 0 Å². The third-order valence-electron chi connectivity index (χ3n) is 3.85. The predicted molar refractivity (Wildman–Crippen MR) is 83.7 cm³/mol. The third-order valence-corrected chi connectivity index (χ3v) is 3.85. The van der Waals surface area contributed by atoms with Crippen LogP contribution >= 0.6 is 0 Å². The van der Waals surface area contributed by atoms with Crippen LogP contribution in [0.2, 0.25) is 0 Å². The van der Waals surface area contributed by atoms with Crippen LogP contribution in [-0.4, -0.2) is 26.4 Å². The molecule has 2 heteroatoms. The maximum atomic E-state index is 5.77. The Morgan fingerprint density at radius 1 is 0.632 bits per heavy atom. The average Bonchev–Trinajstić information content (AvgIpc) is 2.44. The van der Waals surface area contributed by atoms with Gasteiger partial charge in [-0.3, -0.25) is 0 Å². The van der Waals surface area contributed by atoms with Gasteiger partial charge in [0.05, 0.1) is 13.2 Å². The molecule has 0 heterocycles. The van der Waals surface area contributed by atoms with E-state index in [4.69, 9.17) is 9.47 Å². The predicted octanol–water partition coefficient (Wildman–Crippen LogP) is 5.21. The van der Waals surface area contributed by atoms with E-state index in [1.54, 1.807) is 0 Å². The molecule has 0 N–H and O–H groups in total. The second kappa shape index (κ2) is 12.9. The van der Waals surface area contributed by atoms with Crippen molar-refractivity contribution >= 4 is 0 Å². The monoisotopic (exact) mass is 272 g/mol. The topological polar surface area (TPSA) is 18.5 Å². The maximum absolute atomic E-state index is 5.77. The number of hydrogen-bond acceptors (Lipinski definition) is 2. The highest BCUT2D eigenvalue weighted by Gasteiger charge is 2.29. The average molecular weight is 272 g/mol. The molecule has 0 aliphatic heterocycles. The highest BCUT2D eigenvalue weighted by molar-refractivity contribution is 4.79. The SMILES string of the molecule is CCCCCCC(CCCC)(COCC)COCC. The molecule has 116 valence electrons. The first-order valence-corrected chi connectivity index (χ1v) is 8.40. The zero-order valence-electron chi connectivity index (χ0n) is 13.8. The van der Waals surface area contributed by atoms with E-state index in [0.29, 0.717) is 0 Å². The molecule has 0 saturated carbocycles. The van der Waals surface area contributed by atoms with Crippen LogP contribution < -0.4 is 0 Å². The van der Waals surface area contributed by atoms with Gasteiger partial charge < -0.3 is 9.47 Å². The molecular weight excluding hydrogens is 236 g/mol. The first-order valence-electron chi connectivity index (χ1n) is 8.40. The van der Waals surface area contributed by atoms with Crippen molar-refractivity contribution in [1.82, 2.24) is 0 Å². The molecule has 0 fully saturated rings. The maximum Gasteiger partial charge on any atom is 0.0544 e. The first kappa shape index (κ1) is 18.9. The van der Waals surface area contributed by atoms with Gasteiger partial charge in [0.15, 0.2) is 0 Å². The van der Waals surface area contributed by atoms with Gasteiger partial charge in [-0.2, -0.15) is 0 Å². The lowest BCUT2D eigenvalue weighted by molar-refractivity contribution is -0.0288. The molecule has 0 aliphatic carbocycles. The molecule has 0 aromatic rings. The minimum absolute atomic E-state index is 0.260. The largest absolute Gasteiger partial charge is 0.381 e. The Morgan fingerprint density at radius 3 is 1.63 bits per heavy atom. The van der Waals surface area contributed by atoms with Gasteiger partial charge in [0.25, 0.3) is 0 Å². The van der Waals surface area contributed by atoms with E-state index in [0.717, 1.165) is 26.4 Å². The molecule has 0 saturated heterocycles. The molecule has 0 radical (unpaired) electrons. The fraction of sp³-hybridized carbons (Fsp3) is 1.00. The van der Waals surface area contributed by atoms with E-state index < -0.39 is 0 Å². The third kappa shape index (κ3) is 9.45. The van der Waals surface area contributed by atoms with Crippen molar-refractivity contribution in [2.45, 2.75) is 79.1 Å². The number of rotatable bonds is 14. The number of ether oxygens (including phenoxy) is 2. The summed E-state index contributed by atoms with van der Waals surface area (Å²) in [5, 5.41) is 0. The van der Waals surface area contributed by atoms with Crippen molar-refractivity contribution in [3.05, 3.63) is 0 Å². The zero-order chi connectivity index (χ0) is 14.4. The molecule has 19 heavy (non-hydrogen) atoms. The molecule has 0 bridgehead atoms. The van der Waals surface area contributed by atoms with E-state index in [2.05, 4.69) is 27.7 Å². The van der Waals surface area contributed by atoms with E-state index in [1.807, 2.05) is 0 Å². The van der Waals surface area contributed by atoms with E-state index >= 15 is 0 Å². The van der Waals surface area contributed by atoms with Gasteiger partial charge in [0, 0.05) is 18.6 Å². The lowest BCUT2D eigenvalue weighted by atomic mass is 9.79.